The Morgan fingerprint density at radius 1 is 1.28 bits per heavy atom. The standard InChI is InChI=1S/C13H19NO3S/c1-3-4-10-17-11-9-14-18(15,16)13-7-5-12(2)6-8-13/h3-8,14H,9-11H2,1-2H3/b4-3+. The molecule has 0 unspecified atom stereocenters. The van der Waals surface area contributed by atoms with Gasteiger partial charge in [-0.15, -0.1) is 0 Å². The minimum atomic E-state index is -3.42. The van der Waals surface area contributed by atoms with Crippen molar-refractivity contribution in [3.63, 3.8) is 0 Å². The highest BCUT2D eigenvalue weighted by atomic mass is 32.2. The van der Waals surface area contributed by atoms with Gasteiger partial charge in [-0.2, -0.15) is 0 Å². The third-order valence-electron chi connectivity index (χ3n) is 2.32. The maximum Gasteiger partial charge on any atom is 0.240 e. The van der Waals surface area contributed by atoms with Gasteiger partial charge in [-0.1, -0.05) is 29.8 Å². The summed E-state index contributed by atoms with van der Waals surface area (Å²) in [4.78, 5) is 0.279. The minimum absolute atomic E-state index is 0.272. The molecule has 1 aromatic rings. The molecule has 0 fully saturated rings. The molecular weight excluding hydrogens is 250 g/mol. The van der Waals surface area contributed by atoms with E-state index in [2.05, 4.69) is 4.72 Å². The van der Waals surface area contributed by atoms with Crippen molar-refractivity contribution in [1.29, 1.82) is 0 Å². The van der Waals surface area contributed by atoms with Gasteiger partial charge in [-0.05, 0) is 26.0 Å². The number of allylic oxidation sites excluding steroid dienone is 1. The number of aryl methyl sites for hydroxylation is 1. The predicted molar refractivity (Wildman–Crippen MR) is 72.0 cm³/mol. The van der Waals surface area contributed by atoms with Crippen LogP contribution in [0.2, 0.25) is 0 Å². The molecule has 0 atom stereocenters. The highest BCUT2D eigenvalue weighted by Crippen LogP contribution is 2.09. The second kappa shape index (κ2) is 7.31. The molecule has 0 amide bonds. The number of hydrogen-bond donors (Lipinski definition) is 1. The molecule has 0 aliphatic rings. The van der Waals surface area contributed by atoms with Gasteiger partial charge in [0, 0.05) is 6.54 Å². The number of ether oxygens (including phenoxy) is 1. The normalized spacial score (nSPS) is 12.1. The van der Waals surface area contributed by atoms with Crippen molar-refractivity contribution in [2.45, 2.75) is 18.7 Å². The van der Waals surface area contributed by atoms with E-state index in [-0.39, 0.29) is 11.4 Å². The van der Waals surface area contributed by atoms with Gasteiger partial charge >= 0.3 is 0 Å². The van der Waals surface area contributed by atoms with E-state index in [1.807, 2.05) is 26.0 Å². The first-order valence-corrected chi connectivity index (χ1v) is 7.30. The molecule has 4 nitrogen and oxygen atoms in total. The van der Waals surface area contributed by atoms with Crippen LogP contribution in [0.15, 0.2) is 41.3 Å². The Labute approximate surface area is 109 Å². The maximum atomic E-state index is 11.9. The summed E-state index contributed by atoms with van der Waals surface area (Å²) in [5.74, 6) is 0. The zero-order chi connectivity index (χ0) is 13.4. The van der Waals surface area contributed by atoms with Crippen LogP contribution in [0.3, 0.4) is 0 Å². The topological polar surface area (TPSA) is 55.4 Å². The first kappa shape index (κ1) is 14.9. The van der Waals surface area contributed by atoms with Gasteiger partial charge in [0.05, 0.1) is 18.1 Å². The number of benzene rings is 1. The molecule has 18 heavy (non-hydrogen) atoms. The van der Waals surface area contributed by atoms with E-state index in [4.69, 9.17) is 4.74 Å². The van der Waals surface area contributed by atoms with Crippen molar-refractivity contribution in [3.05, 3.63) is 42.0 Å². The van der Waals surface area contributed by atoms with Crippen molar-refractivity contribution in [1.82, 2.24) is 4.72 Å². The quantitative estimate of drug-likeness (QED) is 0.607. The molecule has 0 saturated heterocycles. The summed E-state index contributed by atoms with van der Waals surface area (Å²) >= 11 is 0. The zero-order valence-electron chi connectivity index (χ0n) is 10.7. The van der Waals surface area contributed by atoms with Crippen LogP contribution in [0.25, 0.3) is 0 Å². The highest BCUT2D eigenvalue weighted by Gasteiger charge is 2.12. The lowest BCUT2D eigenvalue weighted by Gasteiger charge is -2.07. The Hall–Kier alpha value is -1.17. The van der Waals surface area contributed by atoms with Gasteiger partial charge in [-0.25, -0.2) is 13.1 Å². The van der Waals surface area contributed by atoms with Gasteiger partial charge in [-0.3, -0.25) is 0 Å². The average molecular weight is 269 g/mol. The molecule has 100 valence electrons. The summed E-state index contributed by atoms with van der Waals surface area (Å²) in [5, 5.41) is 0. The Bertz CT molecular complexity index is 477. The molecule has 0 spiro atoms. The third-order valence-corrected chi connectivity index (χ3v) is 3.80. The SMILES string of the molecule is C/C=C/COCCNS(=O)(=O)c1ccc(C)cc1. The van der Waals surface area contributed by atoms with Crippen molar-refractivity contribution in [3.8, 4) is 0 Å². The van der Waals surface area contributed by atoms with Crippen LogP contribution in [0.5, 0.6) is 0 Å². The van der Waals surface area contributed by atoms with Gasteiger partial charge in [0.25, 0.3) is 0 Å². The molecule has 0 aromatic heterocycles. The van der Waals surface area contributed by atoms with E-state index in [1.165, 1.54) is 0 Å². The monoisotopic (exact) mass is 269 g/mol. The third kappa shape index (κ3) is 5.00. The van der Waals surface area contributed by atoms with Crippen LogP contribution in [0.4, 0.5) is 0 Å². The summed E-state index contributed by atoms with van der Waals surface area (Å²) in [7, 11) is -3.42. The highest BCUT2D eigenvalue weighted by molar-refractivity contribution is 7.89. The average Bonchev–Trinajstić information content (AvgIpc) is 2.34. The molecule has 1 aromatic carbocycles. The van der Waals surface area contributed by atoms with Gasteiger partial charge < -0.3 is 4.74 Å². The first-order valence-electron chi connectivity index (χ1n) is 5.81. The number of nitrogens with one attached hydrogen (secondary N) is 1. The Morgan fingerprint density at radius 2 is 1.94 bits per heavy atom. The molecule has 5 heteroatoms. The van der Waals surface area contributed by atoms with Crippen LogP contribution < -0.4 is 4.72 Å². The van der Waals surface area contributed by atoms with Crippen LogP contribution in [-0.2, 0) is 14.8 Å². The van der Waals surface area contributed by atoms with E-state index >= 15 is 0 Å². The second-order valence-electron chi connectivity index (χ2n) is 3.85. The van der Waals surface area contributed by atoms with Crippen molar-refractivity contribution in [2.75, 3.05) is 19.8 Å². The lowest BCUT2D eigenvalue weighted by molar-refractivity contribution is 0.168. The van der Waals surface area contributed by atoms with Crippen molar-refractivity contribution < 1.29 is 13.2 Å². The zero-order valence-corrected chi connectivity index (χ0v) is 11.5. The van der Waals surface area contributed by atoms with E-state index in [9.17, 15) is 8.42 Å². The molecule has 0 aliphatic carbocycles. The Balaban J connectivity index is 2.43. The Kier molecular flexibility index (Phi) is 6.04. The summed E-state index contributed by atoms with van der Waals surface area (Å²) in [6.07, 6.45) is 3.75. The first-order chi connectivity index (χ1) is 8.56. The van der Waals surface area contributed by atoms with E-state index in [0.717, 1.165) is 5.56 Å². The van der Waals surface area contributed by atoms with Gasteiger partial charge in [0.2, 0.25) is 10.0 Å². The second-order valence-corrected chi connectivity index (χ2v) is 5.62. The molecule has 1 rings (SSSR count). The largest absolute Gasteiger partial charge is 0.376 e. The number of rotatable bonds is 7. The van der Waals surface area contributed by atoms with Crippen LogP contribution in [-0.4, -0.2) is 28.2 Å². The minimum Gasteiger partial charge on any atom is -0.376 e. The lowest BCUT2D eigenvalue weighted by atomic mass is 10.2. The fourth-order valence-corrected chi connectivity index (χ4v) is 2.31. The maximum absolute atomic E-state index is 11.9. The van der Waals surface area contributed by atoms with Gasteiger partial charge in [0.1, 0.15) is 0 Å². The molecule has 0 heterocycles. The number of hydrogen-bond acceptors (Lipinski definition) is 3. The van der Waals surface area contributed by atoms with E-state index < -0.39 is 10.0 Å². The Morgan fingerprint density at radius 3 is 2.56 bits per heavy atom. The summed E-state index contributed by atoms with van der Waals surface area (Å²) in [6, 6.07) is 6.74. The lowest BCUT2D eigenvalue weighted by Crippen LogP contribution is -2.27. The van der Waals surface area contributed by atoms with E-state index in [1.54, 1.807) is 24.3 Å². The molecule has 0 aliphatic heterocycles. The van der Waals surface area contributed by atoms with Crippen molar-refractivity contribution in [2.24, 2.45) is 0 Å². The predicted octanol–water partition coefficient (Wildman–Crippen LogP) is 1.87. The fraction of sp³-hybridized carbons (Fsp3) is 0.385. The smallest absolute Gasteiger partial charge is 0.240 e. The molecule has 1 N–H and O–H groups in total. The fourth-order valence-electron chi connectivity index (χ4n) is 1.30. The molecule has 0 radical (unpaired) electrons. The van der Waals surface area contributed by atoms with Gasteiger partial charge in [0.15, 0.2) is 0 Å². The summed E-state index contributed by atoms with van der Waals surface area (Å²) in [5.41, 5.74) is 1.03. The summed E-state index contributed by atoms with van der Waals surface area (Å²) in [6.45, 7) is 4.95. The van der Waals surface area contributed by atoms with Crippen molar-refractivity contribution >= 4 is 10.0 Å². The van der Waals surface area contributed by atoms with Crippen LogP contribution in [0.1, 0.15) is 12.5 Å². The summed E-state index contributed by atoms with van der Waals surface area (Å²) < 4.78 is 31.4. The van der Waals surface area contributed by atoms with Crippen LogP contribution in [0, 0.1) is 6.92 Å². The number of sulfonamides is 1. The molecular formula is C13H19NO3S. The molecule has 0 saturated carbocycles. The van der Waals surface area contributed by atoms with E-state index in [0.29, 0.717) is 13.2 Å². The molecule has 0 bridgehead atoms. The van der Waals surface area contributed by atoms with Crippen LogP contribution >= 0.6 is 0 Å².